The van der Waals surface area contributed by atoms with E-state index in [0.717, 1.165) is 16.8 Å². The van der Waals surface area contributed by atoms with E-state index in [1.807, 2.05) is 50.2 Å². The highest BCUT2D eigenvalue weighted by atomic mass is 16.5. The van der Waals surface area contributed by atoms with Crippen LogP contribution in [0.3, 0.4) is 0 Å². The van der Waals surface area contributed by atoms with Crippen LogP contribution in [0.2, 0.25) is 0 Å². The molecule has 0 aliphatic rings. The van der Waals surface area contributed by atoms with Gasteiger partial charge >= 0.3 is 5.97 Å². The van der Waals surface area contributed by atoms with Crippen molar-refractivity contribution in [1.29, 1.82) is 0 Å². The van der Waals surface area contributed by atoms with Crippen molar-refractivity contribution in [2.45, 2.75) is 26.6 Å². The molecular weight excluding hydrogens is 266 g/mol. The number of nitrogens with zero attached hydrogens (tertiary/aromatic N) is 1. The molecule has 0 unspecified atom stereocenters. The van der Waals surface area contributed by atoms with Crippen molar-refractivity contribution in [3.05, 3.63) is 53.7 Å². The van der Waals surface area contributed by atoms with Crippen molar-refractivity contribution >= 4 is 5.97 Å². The fraction of sp³-hybridized carbons (Fsp3) is 0.294. The molecule has 0 saturated carbocycles. The van der Waals surface area contributed by atoms with Gasteiger partial charge < -0.3 is 9.47 Å². The molecule has 4 heteroatoms. The molecule has 0 bridgehead atoms. The van der Waals surface area contributed by atoms with Crippen LogP contribution in [0.1, 0.15) is 29.9 Å². The molecule has 4 nitrogen and oxygen atoms in total. The average molecular weight is 285 g/mol. The number of rotatable bonds is 5. The van der Waals surface area contributed by atoms with Crippen LogP contribution in [0.15, 0.2) is 42.5 Å². The van der Waals surface area contributed by atoms with Gasteiger partial charge in [-0.2, -0.15) is 0 Å². The molecule has 0 amide bonds. The molecule has 0 aliphatic carbocycles. The molecule has 1 heterocycles. The molecule has 0 aliphatic heterocycles. The summed E-state index contributed by atoms with van der Waals surface area (Å²) in [5.41, 5.74) is 3.12. The highest BCUT2D eigenvalue weighted by Crippen LogP contribution is 2.18. The minimum Gasteiger partial charge on any atom is -0.458 e. The first-order valence-corrected chi connectivity index (χ1v) is 6.86. The van der Waals surface area contributed by atoms with Crippen LogP contribution in [0.4, 0.5) is 0 Å². The van der Waals surface area contributed by atoms with Gasteiger partial charge in [0.2, 0.25) is 0 Å². The Kier molecular flexibility index (Phi) is 5.06. The van der Waals surface area contributed by atoms with Gasteiger partial charge in [0.15, 0.2) is 0 Å². The van der Waals surface area contributed by atoms with E-state index >= 15 is 0 Å². The van der Waals surface area contributed by atoms with Crippen LogP contribution < -0.4 is 0 Å². The molecule has 0 radical (unpaired) electrons. The summed E-state index contributed by atoms with van der Waals surface area (Å²) in [6.07, 6.45) is -0.156. The van der Waals surface area contributed by atoms with E-state index in [2.05, 4.69) is 4.98 Å². The fourth-order valence-corrected chi connectivity index (χ4v) is 1.92. The topological polar surface area (TPSA) is 48.4 Å². The number of esters is 1. The van der Waals surface area contributed by atoms with E-state index in [4.69, 9.17) is 9.47 Å². The summed E-state index contributed by atoms with van der Waals surface area (Å²) in [7, 11) is 1.67. The van der Waals surface area contributed by atoms with Gasteiger partial charge in [-0.3, -0.25) is 0 Å². The maximum absolute atomic E-state index is 11.9. The molecule has 0 N–H and O–H groups in total. The number of pyridine rings is 1. The van der Waals surface area contributed by atoms with Crippen molar-refractivity contribution in [2.24, 2.45) is 0 Å². The monoisotopic (exact) mass is 285 g/mol. The van der Waals surface area contributed by atoms with Crippen molar-refractivity contribution < 1.29 is 14.3 Å². The number of carbonyl (C=O) groups is 1. The Morgan fingerprint density at radius 3 is 2.48 bits per heavy atom. The predicted octanol–water partition coefficient (Wildman–Crippen LogP) is 3.46. The molecule has 1 aromatic carbocycles. The largest absolute Gasteiger partial charge is 0.458 e. The number of aromatic nitrogens is 1. The van der Waals surface area contributed by atoms with Crippen molar-refractivity contribution in [3.63, 3.8) is 0 Å². The van der Waals surface area contributed by atoms with Crippen LogP contribution in [0.25, 0.3) is 11.3 Å². The lowest BCUT2D eigenvalue weighted by molar-refractivity contribution is 0.0371. The maximum Gasteiger partial charge on any atom is 0.357 e. The standard InChI is InChI=1S/C17H19NO3/c1-12(2)21-17(19)16-6-4-5-15(18-16)14-9-7-13(8-10-14)11-20-3/h4-10,12H,11H2,1-3H3. The normalized spacial score (nSPS) is 10.7. The van der Waals surface area contributed by atoms with Gasteiger partial charge in [-0.15, -0.1) is 0 Å². The number of methoxy groups -OCH3 is 1. The number of carbonyl (C=O) groups excluding carboxylic acids is 1. The Bertz CT molecular complexity index is 606. The smallest absolute Gasteiger partial charge is 0.357 e. The average Bonchev–Trinajstić information content (AvgIpc) is 2.48. The van der Waals surface area contributed by atoms with E-state index < -0.39 is 5.97 Å². The van der Waals surface area contributed by atoms with Crippen molar-refractivity contribution in [2.75, 3.05) is 7.11 Å². The van der Waals surface area contributed by atoms with E-state index in [0.29, 0.717) is 12.3 Å². The third kappa shape index (κ3) is 4.13. The summed E-state index contributed by atoms with van der Waals surface area (Å²) >= 11 is 0. The lowest BCUT2D eigenvalue weighted by Gasteiger charge is -2.08. The molecule has 2 aromatic rings. The summed E-state index contributed by atoms with van der Waals surface area (Å²) in [4.78, 5) is 16.2. The molecule has 0 fully saturated rings. The molecular formula is C17H19NO3. The first-order chi connectivity index (χ1) is 10.1. The molecule has 0 atom stereocenters. The van der Waals surface area contributed by atoms with Gasteiger partial charge in [0, 0.05) is 12.7 Å². The summed E-state index contributed by atoms with van der Waals surface area (Å²) in [6, 6.07) is 13.2. The second-order valence-corrected chi connectivity index (χ2v) is 4.99. The van der Waals surface area contributed by atoms with Gasteiger partial charge in [0.1, 0.15) is 5.69 Å². The van der Waals surface area contributed by atoms with Gasteiger partial charge in [-0.1, -0.05) is 30.3 Å². The number of hydrogen-bond acceptors (Lipinski definition) is 4. The summed E-state index contributed by atoms with van der Waals surface area (Å²) < 4.78 is 10.2. The Balaban J connectivity index is 2.22. The molecule has 110 valence electrons. The van der Waals surface area contributed by atoms with Gasteiger partial charge in [0.25, 0.3) is 0 Å². The molecule has 0 spiro atoms. The van der Waals surface area contributed by atoms with Gasteiger partial charge in [0.05, 0.1) is 18.4 Å². The highest BCUT2D eigenvalue weighted by molar-refractivity contribution is 5.88. The molecule has 1 aromatic heterocycles. The predicted molar refractivity (Wildman–Crippen MR) is 80.9 cm³/mol. The minimum atomic E-state index is -0.400. The van der Waals surface area contributed by atoms with E-state index in [1.165, 1.54) is 0 Å². The second kappa shape index (κ2) is 6.99. The van der Waals surface area contributed by atoms with Crippen molar-refractivity contribution in [3.8, 4) is 11.3 Å². The van der Waals surface area contributed by atoms with Crippen LogP contribution in [-0.4, -0.2) is 24.2 Å². The second-order valence-electron chi connectivity index (χ2n) is 4.99. The lowest BCUT2D eigenvalue weighted by Crippen LogP contribution is -2.13. The highest BCUT2D eigenvalue weighted by Gasteiger charge is 2.11. The van der Waals surface area contributed by atoms with Crippen LogP contribution >= 0.6 is 0 Å². The number of ether oxygens (including phenoxy) is 2. The van der Waals surface area contributed by atoms with Crippen LogP contribution in [-0.2, 0) is 16.1 Å². The van der Waals surface area contributed by atoms with E-state index in [9.17, 15) is 4.79 Å². The Hall–Kier alpha value is -2.20. The third-order valence-electron chi connectivity index (χ3n) is 2.86. The molecule has 0 saturated heterocycles. The maximum atomic E-state index is 11.9. The minimum absolute atomic E-state index is 0.156. The Morgan fingerprint density at radius 1 is 1.14 bits per heavy atom. The van der Waals surface area contributed by atoms with Crippen LogP contribution in [0, 0.1) is 0 Å². The zero-order valence-corrected chi connectivity index (χ0v) is 12.5. The third-order valence-corrected chi connectivity index (χ3v) is 2.86. The fourth-order valence-electron chi connectivity index (χ4n) is 1.92. The van der Waals surface area contributed by atoms with E-state index in [1.54, 1.807) is 13.2 Å². The first kappa shape index (κ1) is 15.2. The van der Waals surface area contributed by atoms with Gasteiger partial charge in [-0.05, 0) is 31.5 Å². The number of hydrogen-bond donors (Lipinski definition) is 0. The Morgan fingerprint density at radius 2 is 1.86 bits per heavy atom. The quantitative estimate of drug-likeness (QED) is 0.789. The van der Waals surface area contributed by atoms with Crippen molar-refractivity contribution in [1.82, 2.24) is 4.98 Å². The van der Waals surface area contributed by atoms with Crippen LogP contribution in [0.5, 0.6) is 0 Å². The SMILES string of the molecule is COCc1ccc(-c2cccc(C(=O)OC(C)C)n2)cc1. The van der Waals surface area contributed by atoms with Gasteiger partial charge in [-0.25, -0.2) is 9.78 Å². The summed E-state index contributed by atoms with van der Waals surface area (Å²) in [5.74, 6) is -0.400. The Labute approximate surface area is 124 Å². The number of benzene rings is 1. The summed E-state index contributed by atoms with van der Waals surface area (Å²) in [5, 5.41) is 0. The first-order valence-electron chi connectivity index (χ1n) is 6.86. The summed E-state index contributed by atoms with van der Waals surface area (Å²) in [6.45, 7) is 4.21. The zero-order valence-electron chi connectivity index (χ0n) is 12.5. The molecule has 2 rings (SSSR count). The zero-order chi connectivity index (χ0) is 15.2. The van der Waals surface area contributed by atoms with E-state index in [-0.39, 0.29) is 6.10 Å². The lowest BCUT2D eigenvalue weighted by atomic mass is 10.1. The molecule has 21 heavy (non-hydrogen) atoms.